The fourth-order valence-electron chi connectivity index (χ4n) is 1.52. The molecule has 18 heavy (non-hydrogen) atoms. The third-order valence-electron chi connectivity index (χ3n) is 2.79. The van der Waals surface area contributed by atoms with Gasteiger partial charge in [-0.2, -0.15) is 0 Å². The Morgan fingerprint density at radius 1 is 1.39 bits per heavy atom. The van der Waals surface area contributed by atoms with Gasteiger partial charge in [0.2, 0.25) is 0 Å². The van der Waals surface area contributed by atoms with Gasteiger partial charge in [0.1, 0.15) is 5.78 Å². The predicted octanol–water partition coefficient (Wildman–Crippen LogP) is 3.58. The van der Waals surface area contributed by atoms with Crippen LogP contribution in [-0.2, 0) is 4.79 Å². The Labute approximate surface area is 111 Å². The van der Waals surface area contributed by atoms with E-state index in [4.69, 9.17) is 0 Å². The lowest BCUT2D eigenvalue weighted by Gasteiger charge is -2.15. The molecule has 4 heteroatoms. The molecule has 1 aromatic heterocycles. The quantitative estimate of drug-likeness (QED) is 0.860. The molecule has 1 N–H and O–H groups in total. The Kier molecular flexibility index (Phi) is 3.48. The zero-order valence-corrected chi connectivity index (χ0v) is 12.0. The number of nitrogens with zero attached hydrogens (tertiary/aromatic N) is 1. The van der Waals surface area contributed by atoms with Crippen molar-refractivity contribution in [2.45, 2.75) is 32.9 Å². The van der Waals surface area contributed by atoms with Crippen LogP contribution >= 0.6 is 11.8 Å². The normalized spacial score (nSPS) is 12.0. The SMILES string of the molecule is Cc1ccc2nc(SCC(=O)C(C)(C)C)[nH]c2c1. The first-order valence-corrected chi connectivity index (χ1v) is 6.97. The molecule has 0 aliphatic rings. The molecular formula is C14H18N2OS. The maximum atomic E-state index is 11.8. The average Bonchev–Trinajstić information content (AvgIpc) is 2.66. The summed E-state index contributed by atoms with van der Waals surface area (Å²) in [4.78, 5) is 19.6. The highest BCUT2D eigenvalue weighted by molar-refractivity contribution is 7.99. The number of rotatable bonds is 3. The third-order valence-corrected chi connectivity index (χ3v) is 3.67. The highest BCUT2D eigenvalue weighted by Gasteiger charge is 2.21. The minimum atomic E-state index is -0.282. The van der Waals surface area contributed by atoms with Gasteiger partial charge in [-0.3, -0.25) is 4.79 Å². The molecule has 0 amide bonds. The van der Waals surface area contributed by atoms with Crippen LogP contribution in [0.4, 0.5) is 0 Å². The topological polar surface area (TPSA) is 45.8 Å². The van der Waals surface area contributed by atoms with Crippen molar-refractivity contribution < 1.29 is 4.79 Å². The zero-order chi connectivity index (χ0) is 13.3. The molecule has 1 aromatic carbocycles. The Balaban J connectivity index is 2.11. The number of ketones is 1. The summed E-state index contributed by atoms with van der Waals surface area (Å²) in [6, 6.07) is 6.10. The number of Topliss-reactive ketones (excluding diaryl/α,β-unsaturated/α-hetero) is 1. The molecule has 0 saturated carbocycles. The number of carbonyl (C=O) groups excluding carboxylic acids is 1. The summed E-state index contributed by atoms with van der Waals surface area (Å²) in [6.45, 7) is 7.88. The van der Waals surface area contributed by atoms with Crippen LogP contribution in [0.25, 0.3) is 11.0 Å². The number of hydrogen-bond donors (Lipinski definition) is 1. The van der Waals surface area contributed by atoms with Gasteiger partial charge in [-0.05, 0) is 24.6 Å². The fourth-order valence-corrected chi connectivity index (χ4v) is 2.56. The number of aromatic nitrogens is 2. The van der Waals surface area contributed by atoms with Gasteiger partial charge in [-0.15, -0.1) is 0 Å². The van der Waals surface area contributed by atoms with E-state index >= 15 is 0 Å². The number of carbonyl (C=O) groups is 1. The summed E-state index contributed by atoms with van der Waals surface area (Å²) in [6.07, 6.45) is 0. The lowest BCUT2D eigenvalue weighted by molar-refractivity contribution is -0.123. The van der Waals surface area contributed by atoms with Crippen LogP contribution < -0.4 is 0 Å². The average molecular weight is 262 g/mol. The number of aryl methyl sites for hydroxylation is 1. The second-order valence-corrected chi connectivity index (χ2v) is 6.49. The molecule has 0 saturated heterocycles. The molecule has 0 radical (unpaired) electrons. The van der Waals surface area contributed by atoms with Gasteiger partial charge in [-0.25, -0.2) is 4.98 Å². The van der Waals surface area contributed by atoms with E-state index in [2.05, 4.69) is 23.0 Å². The van der Waals surface area contributed by atoms with Gasteiger partial charge >= 0.3 is 0 Å². The highest BCUT2D eigenvalue weighted by atomic mass is 32.2. The standard InChI is InChI=1S/C14H18N2OS/c1-9-5-6-10-11(7-9)16-13(15-10)18-8-12(17)14(2,3)4/h5-7H,8H2,1-4H3,(H,15,16). The number of H-pyrrole nitrogens is 1. The summed E-state index contributed by atoms with van der Waals surface area (Å²) >= 11 is 1.47. The molecule has 0 bridgehead atoms. The molecule has 2 aromatic rings. The maximum absolute atomic E-state index is 11.8. The molecule has 96 valence electrons. The van der Waals surface area contributed by atoms with E-state index < -0.39 is 0 Å². The summed E-state index contributed by atoms with van der Waals surface area (Å²) in [5.74, 6) is 0.701. The van der Waals surface area contributed by atoms with Crippen LogP contribution in [-0.4, -0.2) is 21.5 Å². The summed E-state index contributed by atoms with van der Waals surface area (Å²) < 4.78 is 0. The van der Waals surface area contributed by atoms with E-state index in [1.54, 1.807) is 0 Å². The van der Waals surface area contributed by atoms with Crippen LogP contribution in [0.5, 0.6) is 0 Å². The minimum Gasteiger partial charge on any atom is -0.333 e. The van der Waals surface area contributed by atoms with Gasteiger partial charge in [0.05, 0.1) is 16.8 Å². The first-order valence-electron chi connectivity index (χ1n) is 5.99. The first-order chi connectivity index (χ1) is 8.36. The molecule has 0 spiro atoms. The lowest BCUT2D eigenvalue weighted by Crippen LogP contribution is -2.22. The number of aromatic amines is 1. The molecule has 0 aliphatic heterocycles. The van der Waals surface area contributed by atoms with Crippen molar-refractivity contribution in [1.82, 2.24) is 9.97 Å². The molecular weight excluding hydrogens is 244 g/mol. The monoisotopic (exact) mass is 262 g/mol. The van der Waals surface area contributed by atoms with Gasteiger partial charge in [-0.1, -0.05) is 38.6 Å². The molecule has 3 nitrogen and oxygen atoms in total. The minimum absolute atomic E-state index is 0.240. The van der Waals surface area contributed by atoms with Gasteiger partial charge < -0.3 is 4.98 Å². The van der Waals surface area contributed by atoms with E-state index in [0.717, 1.165) is 16.2 Å². The summed E-state index contributed by atoms with van der Waals surface area (Å²) in [5.41, 5.74) is 2.90. The van der Waals surface area contributed by atoms with Crippen molar-refractivity contribution in [3.05, 3.63) is 23.8 Å². The zero-order valence-electron chi connectivity index (χ0n) is 11.2. The number of thioether (sulfide) groups is 1. The largest absolute Gasteiger partial charge is 0.333 e. The van der Waals surface area contributed by atoms with Crippen LogP contribution in [0, 0.1) is 12.3 Å². The van der Waals surface area contributed by atoms with Crippen LogP contribution in [0.1, 0.15) is 26.3 Å². The van der Waals surface area contributed by atoms with E-state index in [9.17, 15) is 4.79 Å². The van der Waals surface area contributed by atoms with E-state index in [1.165, 1.54) is 17.3 Å². The van der Waals surface area contributed by atoms with Crippen molar-refractivity contribution in [2.75, 3.05) is 5.75 Å². The smallest absolute Gasteiger partial charge is 0.166 e. The molecule has 0 unspecified atom stereocenters. The van der Waals surface area contributed by atoms with Crippen molar-refractivity contribution in [2.24, 2.45) is 5.41 Å². The highest BCUT2D eigenvalue weighted by Crippen LogP contribution is 2.23. The molecule has 0 fully saturated rings. The summed E-state index contributed by atoms with van der Waals surface area (Å²) in [5, 5.41) is 0.813. The van der Waals surface area contributed by atoms with Gasteiger partial charge in [0, 0.05) is 5.41 Å². The Bertz CT molecular complexity index is 581. The maximum Gasteiger partial charge on any atom is 0.166 e. The Morgan fingerprint density at radius 2 is 2.11 bits per heavy atom. The van der Waals surface area contributed by atoms with Crippen molar-refractivity contribution >= 4 is 28.6 Å². The number of imidazole rings is 1. The van der Waals surface area contributed by atoms with Crippen molar-refractivity contribution in [3.63, 3.8) is 0 Å². The van der Waals surface area contributed by atoms with Crippen LogP contribution in [0.15, 0.2) is 23.4 Å². The Hall–Kier alpha value is -1.29. The second kappa shape index (κ2) is 4.76. The second-order valence-electron chi connectivity index (χ2n) is 5.52. The summed E-state index contributed by atoms with van der Waals surface area (Å²) in [7, 11) is 0. The number of fused-ring (bicyclic) bond motifs is 1. The van der Waals surface area contributed by atoms with Crippen molar-refractivity contribution in [1.29, 1.82) is 0 Å². The van der Waals surface area contributed by atoms with Gasteiger partial charge in [0.25, 0.3) is 0 Å². The third kappa shape index (κ3) is 2.93. The Morgan fingerprint density at radius 3 is 2.78 bits per heavy atom. The molecule has 0 atom stereocenters. The van der Waals surface area contributed by atoms with Gasteiger partial charge in [0.15, 0.2) is 5.16 Å². The predicted molar refractivity (Wildman–Crippen MR) is 76.0 cm³/mol. The van der Waals surface area contributed by atoms with Crippen LogP contribution in [0.2, 0.25) is 0 Å². The van der Waals surface area contributed by atoms with E-state index in [1.807, 2.05) is 32.9 Å². The number of benzene rings is 1. The fraction of sp³-hybridized carbons (Fsp3) is 0.429. The van der Waals surface area contributed by atoms with Crippen LogP contribution in [0.3, 0.4) is 0 Å². The van der Waals surface area contributed by atoms with E-state index in [0.29, 0.717) is 5.75 Å². The molecule has 2 rings (SSSR count). The lowest BCUT2D eigenvalue weighted by atomic mass is 9.92. The van der Waals surface area contributed by atoms with E-state index in [-0.39, 0.29) is 11.2 Å². The number of nitrogens with one attached hydrogen (secondary N) is 1. The molecule has 1 heterocycles. The van der Waals surface area contributed by atoms with Crippen molar-refractivity contribution in [3.8, 4) is 0 Å². The first kappa shape index (κ1) is 13.1. The number of hydrogen-bond acceptors (Lipinski definition) is 3. The molecule has 0 aliphatic carbocycles.